The van der Waals surface area contributed by atoms with Crippen LogP contribution in [0.25, 0.3) is 0 Å². The number of esters is 1. The molecule has 1 saturated heterocycles. The van der Waals surface area contributed by atoms with Crippen molar-refractivity contribution in [2.24, 2.45) is 0 Å². The number of nitrogens with zero attached hydrogens (tertiary/aromatic N) is 2. The molecule has 3 rings (SSSR count). The van der Waals surface area contributed by atoms with Gasteiger partial charge in [-0.1, -0.05) is 18.2 Å². The van der Waals surface area contributed by atoms with Gasteiger partial charge in [0.1, 0.15) is 5.75 Å². The molecule has 6 nitrogen and oxygen atoms in total. The molecule has 0 aliphatic carbocycles. The summed E-state index contributed by atoms with van der Waals surface area (Å²) in [7, 11) is 3.01. The van der Waals surface area contributed by atoms with Gasteiger partial charge in [-0.2, -0.15) is 0 Å². The van der Waals surface area contributed by atoms with E-state index >= 15 is 0 Å². The summed E-state index contributed by atoms with van der Waals surface area (Å²) in [5, 5.41) is 3.45. The molecule has 0 radical (unpaired) electrons. The maximum absolute atomic E-state index is 12.1. The fourth-order valence-corrected chi connectivity index (χ4v) is 3.58. The number of piperazine rings is 1. The molecule has 1 unspecified atom stereocenters. The monoisotopic (exact) mass is 383 g/mol. The second-order valence-electron chi connectivity index (χ2n) is 7.07. The van der Waals surface area contributed by atoms with E-state index in [0.29, 0.717) is 11.3 Å². The predicted octanol–water partition coefficient (Wildman–Crippen LogP) is 3.10. The van der Waals surface area contributed by atoms with Crippen LogP contribution in [0.1, 0.15) is 17.3 Å². The molecule has 1 atom stereocenters. The summed E-state index contributed by atoms with van der Waals surface area (Å²) in [6.45, 7) is 7.10. The Bertz CT molecular complexity index is 774. The van der Waals surface area contributed by atoms with Crippen LogP contribution < -0.4 is 15.0 Å². The average molecular weight is 383 g/mol. The van der Waals surface area contributed by atoms with Crippen LogP contribution in [0.3, 0.4) is 0 Å². The molecule has 0 amide bonds. The van der Waals surface area contributed by atoms with E-state index < -0.39 is 0 Å². The third-order valence-electron chi connectivity index (χ3n) is 5.06. The Kier molecular flexibility index (Phi) is 6.76. The van der Waals surface area contributed by atoms with Gasteiger partial charge >= 0.3 is 5.97 Å². The van der Waals surface area contributed by atoms with Crippen molar-refractivity contribution in [3.8, 4) is 5.75 Å². The fraction of sp³-hybridized carbons (Fsp3) is 0.409. The Balaban J connectivity index is 1.57. The van der Waals surface area contributed by atoms with E-state index in [1.54, 1.807) is 19.2 Å². The van der Waals surface area contributed by atoms with Crippen molar-refractivity contribution in [1.29, 1.82) is 0 Å². The summed E-state index contributed by atoms with van der Waals surface area (Å²) in [4.78, 5) is 16.9. The first-order chi connectivity index (χ1) is 13.6. The Morgan fingerprint density at radius 1 is 1.07 bits per heavy atom. The van der Waals surface area contributed by atoms with Gasteiger partial charge in [0.05, 0.1) is 25.5 Å². The number of hydrogen-bond donors (Lipinski definition) is 1. The van der Waals surface area contributed by atoms with Gasteiger partial charge in [-0.15, -0.1) is 0 Å². The van der Waals surface area contributed by atoms with Gasteiger partial charge in [-0.05, 0) is 31.2 Å². The minimum Gasteiger partial charge on any atom is -0.497 e. The summed E-state index contributed by atoms with van der Waals surface area (Å²) < 4.78 is 10.2. The third kappa shape index (κ3) is 4.95. The molecule has 1 aliphatic heterocycles. The number of rotatable bonds is 7. The summed E-state index contributed by atoms with van der Waals surface area (Å²) in [6, 6.07) is 16.1. The molecular weight excluding hydrogens is 354 g/mol. The van der Waals surface area contributed by atoms with Crippen molar-refractivity contribution in [3.63, 3.8) is 0 Å². The van der Waals surface area contributed by atoms with E-state index in [9.17, 15) is 4.79 Å². The normalized spacial score (nSPS) is 15.8. The highest BCUT2D eigenvalue weighted by atomic mass is 16.5. The zero-order valence-electron chi connectivity index (χ0n) is 16.9. The molecule has 0 aromatic heterocycles. The van der Waals surface area contributed by atoms with Gasteiger partial charge in [0.2, 0.25) is 0 Å². The molecule has 2 aromatic carbocycles. The van der Waals surface area contributed by atoms with Crippen molar-refractivity contribution in [2.75, 3.05) is 57.2 Å². The Morgan fingerprint density at radius 3 is 2.43 bits per heavy atom. The van der Waals surface area contributed by atoms with E-state index in [4.69, 9.17) is 9.47 Å². The van der Waals surface area contributed by atoms with Crippen LogP contribution in [0.4, 0.5) is 11.4 Å². The number of anilines is 2. The van der Waals surface area contributed by atoms with Crippen molar-refractivity contribution in [1.82, 2.24) is 4.90 Å². The predicted molar refractivity (Wildman–Crippen MR) is 113 cm³/mol. The zero-order chi connectivity index (χ0) is 19.9. The maximum atomic E-state index is 12.1. The lowest BCUT2D eigenvalue weighted by Gasteiger charge is -2.37. The van der Waals surface area contributed by atoms with E-state index in [1.165, 1.54) is 12.8 Å². The van der Waals surface area contributed by atoms with Gasteiger partial charge in [-0.25, -0.2) is 4.79 Å². The topological polar surface area (TPSA) is 54.0 Å². The number of nitrogens with one attached hydrogen (secondary N) is 1. The van der Waals surface area contributed by atoms with Gasteiger partial charge in [0.15, 0.2) is 0 Å². The molecule has 0 spiro atoms. The van der Waals surface area contributed by atoms with Gasteiger partial charge in [0.25, 0.3) is 0 Å². The second-order valence-corrected chi connectivity index (χ2v) is 7.07. The van der Waals surface area contributed by atoms with E-state index in [1.807, 2.05) is 12.1 Å². The first kappa shape index (κ1) is 20.0. The Labute approximate surface area is 167 Å². The summed E-state index contributed by atoms with van der Waals surface area (Å²) in [5.74, 6) is 0.354. The molecule has 6 heteroatoms. The van der Waals surface area contributed by atoms with Gasteiger partial charge in [0, 0.05) is 50.5 Å². The second kappa shape index (κ2) is 9.46. The van der Waals surface area contributed by atoms with Crippen LogP contribution in [0.15, 0.2) is 48.5 Å². The smallest absolute Gasteiger partial charge is 0.339 e. The molecule has 1 N–H and O–H groups in total. The van der Waals surface area contributed by atoms with Crippen LogP contribution in [-0.2, 0) is 4.74 Å². The minimum absolute atomic E-state index is 0.179. The van der Waals surface area contributed by atoms with Crippen LogP contribution in [0, 0.1) is 0 Å². The largest absolute Gasteiger partial charge is 0.497 e. The van der Waals surface area contributed by atoms with Crippen molar-refractivity contribution in [3.05, 3.63) is 54.1 Å². The van der Waals surface area contributed by atoms with E-state index in [-0.39, 0.29) is 12.0 Å². The van der Waals surface area contributed by atoms with Crippen LogP contribution in [-0.4, -0.2) is 63.9 Å². The first-order valence-electron chi connectivity index (χ1n) is 9.66. The molecule has 0 saturated carbocycles. The quantitative estimate of drug-likeness (QED) is 0.742. The Hall–Kier alpha value is -2.73. The highest BCUT2D eigenvalue weighted by molar-refractivity contribution is 5.96. The SMILES string of the molecule is COC(=O)c1ccc(OC)cc1NC(C)CN1CCN(c2ccccc2)CC1. The van der Waals surface area contributed by atoms with Crippen LogP contribution >= 0.6 is 0 Å². The molecule has 150 valence electrons. The number of carbonyl (C=O) groups excluding carboxylic acids is 1. The number of para-hydroxylation sites is 1. The molecule has 1 aliphatic rings. The van der Waals surface area contributed by atoms with Gasteiger partial charge < -0.3 is 19.7 Å². The van der Waals surface area contributed by atoms with Crippen LogP contribution in [0.5, 0.6) is 5.75 Å². The minimum atomic E-state index is -0.353. The van der Waals surface area contributed by atoms with Crippen LogP contribution in [0.2, 0.25) is 0 Å². The summed E-state index contributed by atoms with van der Waals surface area (Å²) in [5.41, 5.74) is 2.54. The average Bonchev–Trinajstić information content (AvgIpc) is 2.74. The first-order valence-corrected chi connectivity index (χ1v) is 9.66. The van der Waals surface area contributed by atoms with E-state index in [2.05, 4.69) is 46.3 Å². The highest BCUT2D eigenvalue weighted by Crippen LogP contribution is 2.24. The molecule has 1 heterocycles. The highest BCUT2D eigenvalue weighted by Gasteiger charge is 2.20. The molecule has 0 bridgehead atoms. The van der Waals surface area contributed by atoms with Crippen molar-refractivity contribution < 1.29 is 14.3 Å². The lowest BCUT2D eigenvalue weighted by atomic mass is 10.1. The molecular formula is C22H29N3O3. The number of ether oxygens (including phenoxy) is 2. The zero-order valence-corrected chi connectivity index (χ0v) is 16.9. The lowest BCUT2D eigenvalue weighted by Crippen LogP contribution is -2.49. The van der Waals surface area contributed by atoms with E-state index in [0.717, 1.165) is 38.4 Å². The fourth-order valence-electron chi connectivity index (χ4n) is 3.58. The van der Waals surface area contributed by atoms with Crippen molar-refractivity contribution in [2.45, 2.75) is 13.0 Å². The summed E-state index contributed by atoms with van der Waals surface area (Å²) in [6.07, 6.45) is 0. The number of carbonyl (C=O) groups is 1. The van der Waals surface area contributed by atoms with Gasteiger partial charge in [-0.3, -0.25) is 4.90 Å². The lowest BCUT2D eigenvalue weighted by molar-refractivity contribution is 0.0601. The third-order valence-corrected chi connectivity index (χ3v) is 5.06. The molecule has 28 heavy (non-hydrogen) atoms. The number of methoxy groups -OCH3 is 2. The summed E-state index contributed by atoms with van der Waals surface area (Å²) >= 11 is 0. The molecule has 1 fully saturated rings. The van der Waals surface area contributed by atoms with Crippen molar-refractivity contribution >= 4 is 17.3 Å². The molecule has 2 aromatic rings. The Morgan fingerprint density at radius 2 is 1.79 bits per heavy atom. The number of benzene rings is 2. The standard InChI is InChI=1S/C22H29N3O3/c1-17(23-21-15-19(27-2)9-10-20(21)22(26)28-3)16-24-11-13-25(14-12-24)18-7-5-4-6-8-18/h4-10,15,17,23H,11-14,16H2,1-3H3. The maximum Gasteiger partial charge on any atom is 0.339 e. The number of hydrogen-bond acceptors (Lipinski definition) is 6.